The Morgan fingerprint density at radius 2 is 1.57 bits per heavy atom. The van der Waals surface area contributed by atoms with Gasteiger partial charge >= 0.3 is 5.97 Å². The third-order valence-corrected chi connectivity index (χ3v) is 4.35. The predicted octanol–water partition coefficient (Wildman–Crippen LogP) is 4.26. The highest BCUT2D eigenvalue weighted by Crippen LogP contribution is 2.26. The van der Waals surface area contributed by atoms with Gasteiger partial charge in [-0.3, -0.25) is 0 Å². The van der Waals surface area contributed by atoms with Gasteiger partial charge < -0.3 is 4.74 Å². The first-order valence-electron chi connectivity index (χ1n) is 7.62. The summed E-state index contributed by atoms with van der Waals surface area (Å²) in [7, 11) is 0. The zero-order chi connectivity index (χ0) is 16.6. The zero-order valence-electron chi connectivity index (χ0n) is 13.8. The molecule has 0 N–H and O–H groups in total. The van der Waals surface area contributed by atoms with Crippen molar-refractivity contribution in [3.63, 3.8) is 0 Å². The van der Waals surface area contributed by atoms with Gasteiger partial charge in [-0.1, -0.05) is 24.3 Å². The molecule has 3 rings (SSSR count). The quantitative estimate of drug-likeness (QED) is 0.614. The van der Waals surface area contributed by atoms with Crippen LogP contribution >= 0.6 is 0 Å². The van der Waals surface area contributed by atoms with Crippen LogP contribution in [0.15, 0.2) is 47.1 Å². The summed E-state index contributed by atoms with van der Waals surface area (Å²) >= 11 is 0. The number of hydrogen-bond acceptors (Lipinski definition) is 3. The fraction of sp³-hybridized carbons (Fsp3) is 0.200. The largest absolute Gasteiger partial charge is 0.402 e. The van der Waals surface area contributed by atoms with E-state index in [1.54, 1.807) is 0 Å². The summed E-state index contributed by atoms with van der Waals surface area (Å²) in [6, 6.07) is 11.6. The van der Waals surface area contributed by atoms with E-state index in [9.17, 15) is 4.79 Å². The van der Waals surface area contributed by atoms with Crippen molar-refractivity contribution in [2.75, 3.05) is 0 Å². The number of aliphatic imine (C=N–C) groups is 1. The molecule has 1 aliphatic rings. The number of ether oxygens (including phenoxy) is 1. The van der Waals surface area contributed by atoms with Crippen molar-refractivity contribution >= 4 is 17.9 Å². The van der Waals surface area contributed by atoms with Gasteiger partial charge in [0.25, 0.3) is 0 Å². The molecule has 0 saturated heterocycles. The van der Waals surface area contributed by atoms with Crippen LogP contribution in [-0.4, -0.2) is 11.9 Å². The standard InChI is InChI=1S/C20H19NO2/c1-12-10-13(2)15(4)17(14(12)3)11-18-20(22)23-19(21-18)16-8-6-5-7-9-16/h5-11H,1-4H3. The van der Waals surface area contributed by atoms with Crippen LogP contribution in [0.1, 0.15) is 33.4 Å². The van der Waals surface area contributed by atoms with Crippen molar-refractivity contribution in [1.29, 1.82) is 0 Å². The monoisotopic (exact) mass is 305 g/mol. The molecule has 0 aliphatic carbocycles. The molecule has 23 heavy (non-hydrogen) atoms. The fourth-order valence-corrected chi connectivity index (χ4v) is 2.71. The molecule has 3 nitrogen and oxygen atoms in total. The SMILES string of the molecule is Cc1cc(C)c(C)c(C=C2N=C(c3ccccc3)OC2=O)c1C. The maximum absolute atomic E-state index is 12.1. The molecule has 0 unspecified atom stereocenters. The van der Waals surface area contributed by atoms with Gasteiger partial charge in [0.2, 0.25) is 5.90 Å². The van der Waals surface area contributed by atoms with Crippen LogP contribution in [0, 0.1) is 27.7 Å². The normalized spacial score (nSPS) is 15.7. The molecule has 0 atom stereocenters. The molecule has 0 saturated carbocycles. The lowest BCUT2D eigenvalue weighted by Gasteiger charge is -2.12. The Morgan fingerprint density at radius 1 is 0.957 bits per heavy atom. The molecular formula is C20H19NO2. The summed E-state index contributed by atoms with van der Waals surface area (Å²) in [5, 5.41) is 0. The summed E-state index contributed by atoms with van der Waals surface area (Å²) in [6.07, 6.45) is 1.84. The van der Waals surface area contributed by atoms with Crippen molar-refractivity contribution < 1.29 is 9.53 Å². The molecule has 3 heteroatoms. The average molecular weight is 305 g/mol. The van der Waals surface area contributed by atoms with Crippen molar-refractivity contribution in [1.82, 2.24) is 0 Å². The van der Waals surface area contributed by atoms with Gasteiger partial charge in [-0.2, -0.15) is 0 Å². The minimum absolute atomic E-state index is 0.347. The second-order valence-corrected chi connectivity index (χ2v) is 5.88. The van der Waals surface area contributed by atoms with Gasteiger partial charge in [0, 0.05) is 5.56 Å². The van der Waals surface area contributed by atoms with Gasteiger partial charge in [0.05, 0.1) is 0 Å². The van der Waals surface area contributed by atoms with E-state index in [0.29, 0.717) is 11.6 Å². The molecule has 1 heterocycles. The minimum Gasteiger partial charge on any atom is -0.402 e. The number of hydrogen-bond donors (Lipinski definition) is 0. The van der Waals surface area contributed by atoms with Crippen LogP contribution in [0.4, 0.5) is 0 Å². The number of carbonyl (C=O) groups excluding carboxylic acids is 1. The molecule has 116 valence electrons. The summed E-state index contributed by atoms with van der Waals surface area (Å²) in [4.78, 5) is 16.5. The number of carbonyl (C=O) groups is 1. The Bertz CT molecular complexity index is 819. The fourth-order valence-electron chi connectivity index (χ4n) is 2.71. The summed E-state index contributed by atoms with van der Waals surface area (Å²) < 4.78 is 5.32. The molecule has 0 aromatic heterocycles. The van der Waals surface area contributed by atoms with E-state index in [4.69, 9.17) is 4.74 Å². The zero-order valence-corrected chi connectivity index (χ0v) is 13.8. The van der Waals surface area contributed by atoms with E-state index in [0.717, 1.165) is 22.3 Å². The highest BCUT2D eigenvalue weighted by atomic mass is 16.6. The number of esters is 1. The van der Waals surface area contributed by atoms with Crippen molar-refractivity contribution in [3.05, 3.63) is 75.5 Å². The Morgan fingerprint density at radius 3 is 2.17 bits per heavy atom. The van der Waals surface area contributed by atoms with E-state index in [2.05, 4.69) is 38.8 Å². The highest BCUT2D eigenvalue weighted by Gasteiger charge is 2.24. The second kappa shape index (κ2) is 5.84. The van der Waals surface area contributed by atoms with Gasteiger partial charge in [-0.25, -0.2) is 9.79 Å². The van der Waals surface area contributed by atoms with E-state index in [1.807, 2.05) is 36.4 Å². The Kier molecular flexibility index (Phi) is 3.87. The first kappa shape index (κ1) is 15.2. The number of cyclic esters (lactones) is 1. The van der Waals surface area contributed by atoms with Crippen LogP contribution < -0.4 is 0 Å². The smallest absolute Gasteiger partial charge is 0.363 e. The van der Waals surface area contributed by atoms with Crippen LogP contribution in [-0.2, 0) is 9.53 Å². The maximum Gasteiger partial charge on any atom is 0.363 e. The summed E-state index contributed by atoms with van der Waals surface area (Å²) in [6.45, 7) is 8.29. The lowest BCUT2D eigenvalue weighted by Crippen LogP contribution is -2.05. The van der Waals surface area contributed by atoms with Crippen molar-refractivity contribution in [3.8, 4) is 0 Å². The molecule has 2 aromatic rings. The van der Waals surface area contributed by atoms with Crippen molar-refractivity contribution in [2.24, 2.45) is 4.99 Å². The minimum atomic E-state index is -0.401. The van der Waals surface area contributed by atoms with Gasteiger partial charge in [-0.15, -0.1) is 0 Å². The number of rotatable bonds is 2. The summed E-state index contributed by atoms with van der Waals surface area (Å²) in [5.74, 6) is -0.0386. The molecule has 1 aliphatic heterocycles. The van der Waals surface area contributed by atoms with Gasteiger partial charge in [0.15, 0.2) is 5.70 Å². The molecular weight excluding hydrogens is 286 g/mol. The number of nitrogens with zero attached hydrogens (tertiary/aromatic N) is 1. The van der Waals surface area contributed by atoms with E-state index in [1.165, 1.54) is 11.1 Å². The molecule has 0 spiro atoms. The Balaban J connectivity index is 2.07. The maximum atomic E-state index is 12.1. The first-order valence-corrected chi connectivity index (χ1v) is 7.62. The van der Waals surface area contributed by atoms with E-state index in [-0.39, 0.29) is 0 Å². The first-order chi connectivity index (χ1) is 11.0. The highest BCUT2D eigenvalue weighted by molar-refractivity contribution is 6.12. The van der Waals surface area contributed by atoms with Gasteiger partial charge in [0.1, 0.15) is 0 Å². The third kappa shape index (κ3) is 2.82. The molecule has 0 bridgehead atoms. The van der Waals surface area contributed by atoms with Gasteiger partial charge in [-0.05, 0) is 73.7 Å². The average Bonchev–Trinajstić information content (AvgIpc) is 2.91. The van der Waals surface area contributed by atoms with Crippen LogP contribution in [0.5, 0.6) is 0 Å². The van der Waals surface area contributed by atoms with Crippen LogP contribution in [0.25, 0.3) is 6.08 Å². The van der Waals surface area contributed by atoms with Crippen LogP contribution in [0.3, 0.4) is 0 Å². The third-order valence-electron chi connectivity index (χ3n) is 4.35. The van der Waals surface area contributed by atoms with Crippen molar-refractivity contribution in [2.45, 2.75) is 27.7 Å². The molecule has 0 fully saturated rings. The van der Waals surface area contributed by atoms with E-state index < -0.39 is 5.97 Å². The van der Waals surface area contributed by atoms with E-state index >= 15 is 0 Å². The lowest BCUT2D eigenvalue weighted by atomic mass is 9.93. The Labute approximate surface area is 136 Å². The predicted molar refractivity (Wildman–Crippen MR) is 92.4 cm³/mol. The molecule has 0 radical (unpaired) electrons. The lowest BCUT2D eigenvalue weighted by molar-refractivity contribution is -0.129. The number of aryl methyl sites for hydroxylation is 2. The molecule has 0 amide bonds. The topological polar surface area (TPSA) is 38.7 Å². The summed E-state index contributed by atoms with van der Waals surface area (Å²) in [5.41, 5.74) is 6.94. The van der Waals surface area contributed by atoms with Crippen LogP contribution in [0.2, 0.25) is 0 Å². The second-order valence-electron chi connectivity index (χ2n) is 5.88. The molecule has 2 aromatic carbocycles. The Hall–Kier alpha value is -2.68. The number of benzene rings is 2.